The summed E-state index contributed by atoms with van der Waals surface area (Å²) >= 11 is 0. The number of nitrogens with zero attached hydrogens (tertiary/aromatic N) is 3. The highest BCUT2D eigenvalue weighted by molar-refractivity contribution is 6.02. The van der Waals surface area contributed by atoms with E-state index in [1.54, 1.807) is 12.1 Å². The fourth-order valence-corrected chi connectivity index (χ4v) is 1.92. The minimum atomic E-state index is -0.697. The Kier molecular flexibility index (Phi) is 5.74. The molecule has 7 heteroatoms. The zero-order valence-corrected chi connectivity index (χ0v) is 13.3. The van der Waals surface area contributed by atoms with Crippen LogP contribution in [0.4, 0.5) is 5.69 Å². The minimum Gasteiger partial charge on any atom is -0.267 e. The van der Waals surface area contributed by atoms with Gasteiger partial charge in [-0.3, -0.25) is 14.9 Å². The molecule has 0 fully saturated rings. The van der Waals surface area contributed by atoms with Crippen molar-refractivity contribution in [3.63, 3.8) is 0 Å². The summed E-state index contributed by atoms with van der Waals surface area (Å²) in [5, 5.41) is 23.7. The summed E-state index contributed by atoms with van der Waals surface area (Å²) in [5.74, 6) is -0.697. The average Bonchev–Trinajstić information content (AvgIpc) is 2.61. The predicted octanol–water partition coefficient (Wildman–Crippen LogP) is 2.96. The number of nitro groups is 1. The van der Waals surface area contributed by atoms with Gasteiger partial charge in [-0.1, -0.05) is 42.0 Å². The number of amides is 1. The van der Waals surface area contributed by atoms with E-state index in [2.05, 4.69) is 10.5 Å². The number of rotatable bonds is 5. The topological polar surface area (TPSA) is 108 Å². The number of nitriles is 1. The lowest BCUT2D eigenvalue weighted by atomic mass is 10.1. The van der Waals surface area contributed by atoms with Crippen LogP contribution < -0.4 is 5.43 Å². The van der Waals surface area contributed by atoms with Gasteiger partial charge in [0.25, 0.3) is 11.6 Å². The monoisotopic (exact) mass is 334 g/mol. The first-order valence-electron chi connectivity index (χ1n) is 7.26. The minimum absolute atomic E-state index is 0.121. The number of nitro benzene ring substituents is 1. The van der Waals surface area contributed by atoms with Gasteiger partial charge in [-0.25, -0.2) is 5.43 Å². The number of non-ortho nitro benzene ring substituents is 1. The van der Waals surface area contributed by atoms with Crippen LogP contribution in [0.15, 0.2) is 59.2 Å². The highest BCUT2D eigenvalue weighted by Gasteiger charge is 2.10. The summed E-state index contributed by atoms with van der Waals surface area (Å²) < 4.78 is 0. The van der Waals surface area contributed by atoms with E-state index < -0.39 is 10.8 Å². The van der Waals surface area contributed by atoms with E-state index in [0.29, 0.717) is 5.56 Å². The lowest BCUT2D eigenvalue weighted by Gasteiger charge is -1.99. The first-order valence-corrected chi connectivity index (χ1v) is 7.26. The summed E-state index contributed by atoms with van der Waals surface area (Å²) in [7, 11) is 0. The van der Waals surface area contributed by atoms with E-state index in [0.717, 1.165) is 11.1 Å². The predicted molar refractivity (Wildman–Crippen MR) is 93.6 cm³/mol. The second-order valence-electron chi connectivity index (χ2n) is 5.13. The van der Waals surface area contributed by atoms with E-state index in [-0.39, 0.29) is 11.3 Å². The number of hydrogen-bond acceptors (Lipinski definition) is 5. The molecule has 0 spiro atoms. The van der Waals surface area contributed by atoms with Gasteiger partial charge in [-0.2, -0.15) is 10.4 Å². The van der Waals surface area contributed by atoms with Crippen LogP contribution in [-0.4, -0.2) is 17.0 Å². The Hall–Kier alpha value is -3.79. The normalized spacial score (nSPS) is 11.1. The van der Waals surface area contributed by atoms with Crippen molar-refractivity contribution in [1.82, 2.24) is 5.43 Å². The third-order valence-electron chi connectivity index (χ3n) is 3.21. The van der Waals surface area contributed by atoms with Gasteiger partial charge in [0, 0.05) is 12.1 Å². The van der Waals surface area contributed by atoms with Crippen molar-refractivity contribution in [2.24, 2.45) is 5.10 Å². The molecule has 0 saturated carbocycles. The molecule has 0 heterocycles. The largest absolute Gasteiger partial charge is 0.282 e. The smallest absolute Gasteiger partial charge is 0.267 e. The third kappa shape index (κ3) is 5.11. The van der Waals surface area contributed by atoms with Crippen LogP contribution in [0.2, 0.25) is 0 Å². The van der Waals surface area contributed by atoms with Gasteiger partial charge in [0.05, 0.1) is 11.1 Å². The summed E-state index contributed by atoms with van der Waals surface area (Å²) in [6.07, 6.45) is 2.73. The SMILES string of the molecule is Cc1ccc(/C=N\NC(=O)/C(C#N)=C/c2cccc([N+](=O)[O-])c2)cc1. The van der Waals surface area contributed by atoms with Crippen molar-refractivity contribution in [1.29, 1.82) is 5.26 Å². The quantitative estimate of drug-likeness (QED) is 0.298. The Morgan fingerprint density at radius 2 is 1.96 bits per heavy atom. The maximum atomic E-state index is 12.0. The maximum absolute atomic E-state index is 12.0. The Bertz CT molecular complexity index is 893. The molecule has 2 aromatic rings. The Morgan fingerprint density at radius 1 is 1.24 bits per heavy atom. The molecule has 0 radical (unpaired) electrons. The molecule has 124 valence electrons. The van der Waals surface area contributed by atoms with Crippen LogP contribution in [0.5, 0.6) is 0 Å². The van der Waals surface area contributed by atoms with Crippen LogP contribution in [0.25, 0.3) is 6.08 Å². The fraction of sp³-hybridized carbons (Fsp3) is 0.0556. The Balaban J connectivity index is 2.10. The number of aryl methyl sites for hydroxylation is 1. The van der Waals surface area contributed by atoms with Crippen molar-refractivity contribution in [2.45, 2.75) is 6.92 Å². The van der Waals surface area contributed by atoms with Gasteiger partial charge in [0.15, 0.2) is 0 Å². The van der Waals surface area contributed by atoms with Gasteiger partial charge in [-0.05, 0) is 24.1 Å². The van der Waals surface area contributed by atoms with Gasteiger partial charge in [-0.15, -0.1) is 0 Å². The van der Waals surface area contributed by atoms with Crippen molar-refractivity contribution < 1.29 is 9.72 Å². The van der Waals surface area contributed by atoms with E-state index in [9.17, 15) is 14.9 Å². The molecule has 7 nitrogen and oxygen atoms in total. The summed E-state index contributed by atoms with van der Waals surface area (Å²) in [5.41, 5.74) is 4.21. The molecular weight excluding hydrogens is 320 g/mol. The first kappa shape index (κ1) is 17.6. The van der Waals surface area contributed by atoms with E-state index in [4.69, 9.17) is 5.26 Å². The van der Waals surface area contributed by atoms with Gasteiger partial charge >= 0.3 is 0 Å². The molecule has 0 aliphatic carbocycles. The van der Waals surface area contributed by atoms with Crippen molar-refractivity contribution in [2.75, 3.05) is 0 Å². The molecule has 0 atom stereocenters. The molecule has 1 amide bonds. The standard InChI is InChI=1S/C18H14N4O3/c1-13-5-7-14(8-6-13)12-20-21-18(23)16(11-19)9-15-3-2-4-17(10-15)22(24)25/h2-10,12H,1H3,(H,21,23)/b16-9+,20-12-. The summed E-state index contributed by atoms with van der Waals surface area (Å²) in [4.78, 5) is 22.2. The zero-order chi connectivity index (χ0) is 18.2. The molecule has 2 rings (SSSR count). The fourth-order valence-electron chi connectivity index (χ4n) is 1.92. The number of nitrogens with one attached hydrogen (secondary N) is 1. The lowest BCUT2D eigenvalue weighted by molar-refractivity contribution is -0.384. The highest BCUT2D eigenvalue weighted by Crippen LogP contribution is 2.15. The first-order chi connectivity index (χ1) is 12.0. The number of hydrazone groups is 1. The van der Waals surface area contributed by atoms with Crippen molar-refractivity contribution in [3.8, 4) is 6.07 Å². The van der Waals surface area contributed by atoms with Crippen molar-refractivity contribution >= 4 is 23.9 Å². The molecule has 0 unspecified atom stereocenters. The van der Waals surface area contributed by atoms with Crippen LogP contribution in [0.3, 0.4) is 0 Å². The second-order valence-corrected chi connectivity index (χ2v) is 5.13. The zero-order valence-electron chi connectivity index (χ0n) is 13.3. The number of hydrogen-bond donors (Lipinski definition) is 1. The number of benzene rings is 2. The molecule has 25 heavy (non-hydrogen) atoms. The van der Waals surface area contributed by atoms with Crippen LogP contribution in [-0.2, 0) is 4.79 Å². The molecule has 0 aliphatic heterocycles. The van der Waals surface area contributed by atoms with E-state index in [1.807, 2.05) is 31.2 Å². The van der Waals surface area contributed by atoms with Crippen LogP contribution >= 0.6 is 0 Å². The molecular formula is C18H14N4O3. The molecule has 0 aliphatic rings. The molecule has 1 N–H and O–H groups in total. The number of carbonyl (C=O) groups is 1. The molecule has 2 aromatic carbocycles. The van der Waals surface area contributed by atoms with Gasteiger partial charge < -0.3 is 0 Å². The molecule has 0 bridgehead atoms. The van der Waals surface area contributed by atoms with Crippen molar-refractivity contribution in [3.05, 3.63) is 80.9 Å². The van der Waals surface area contributed by atoms with Crippen LogP contribution in [0, 0.1) is 28.4 Å². The average molecular weight is 334 g/mol. The third-order valence-corrected chi connectivity index (χ3v) is 3.21. The summed E-state index contributed by atoms with van der Waals surface area (Å²) in [6, 6.07) is 14.9. The van der Waals surface area contributed by atoms with E-state index in [1.165, 1.54) is 30.5 Å². The highest BCUT2D eigenvalue weighted by atomic mass is 16.6. The Morgan fingerprint density at radius 3 is 2.60 bits per heavy atom. The maximum Gasteiger partial charge on any atom is 0.282 e. The van der Waals surface area contributed by atoms with Gasteiger partial charge in [0.1, 0.15) is 11.6 Å². The summed E-state index contributed by atoms with van der Waals surface area (Å²) in [6.45, 7) is 1.96. The Labute approximate surface area is 144 Å². The molecule has 0 aromatic heterocycles. The lowest BCUT2D eigenvalue weighted by Crippen LogP contribution is -2.19. The van der Waals surface area contributed by atoms with E-state index >= 15 is 0 Å². The van der Waals surface area contributed by atoms with Gasteiger partial charge in [0.2, 0.25) is 0 Å². The second kappa shape index (κ2) is 8.17. The molecule has 0 saturated heterocycles. The van der Waals surface area contributed by atoms with Crippen LogP contribution in [0.1, 0.15) is 16.7 Å². The number of carbonyl (C=O) groups excluding carboxylic acids is 1.